The van der Waals surface area contributed by atoms with Crippen LogP contribution in [0.5, 0.6) is 17.2 Å². The second-order valence-corrected chi connectivity index (χ2v) is 7.10. The Labute approximate surface area is 172 Å². The van der Waals surface area contributed by atoms with Crippen molar-refractivity contribution in [1.82, 2.24) is 5.32 Å². The Morgan fingerprint density at radius 1 is 1.03 bits per heavy atom. The Hall–Kier alpha value is -2.95. The van der Waals surface area contributed by atoms with Gasteiger partial charge in [0.2, 0.25) is 0 Å². The maximum absolute atomic E-state index is 13.1. The van der Waals surface area contributed by atoms with E-state index in [1.54, 1.807) is 0 Å². The van der Waals surface area contributed by atoms with Gasteiger partial charge in [0.25, 0.3) is 0 Å². The molecule has 0 amide bonds. The van der Waals surface area contributed by atoms with E-state index in [4.69, 9.17) is 4.74 Å². The van der Waals surface area contributed by atoms with Crippen LogP contribution in [-0.4, -0.2) is 30.2 Å². The zero-order chi connectivity index (χ0) is 22.9. The average Bonchev–Trinajstić information content (AvgIpc) is 3.08. The minimum atomic E-state index is -4.92. The summed E-state index contributed by atoms with van der Waals surface area (Å²) in [5.74, 6) is -3.66. The highest BCUT2D eigenvalue weighted by atomic mass is 19.4. The molecule has 0 unspecified atom stereocenters. The molecule has 2 N–H and O–H groups in total. The predicted molar refractivity (Wildman–Crippen MR) is 95.7 cm³/mol. The number of carboxylic acids is 1. The van der Waals surface area contributed by atoms with Crippen molar-refractivity contribution in [1.29, 1.82) is 0 Å². The van der Waals surface area contributed by atoms with Crippen molar-refractivity contribution < 1.29 is 45.7 Å². The van der Waals surface area contributed by atoms with Gasteiger partial charge in [0, 0.05) is 6.54 Å². The highest BCUT2D eigenvalue weighted by Crippen LogP contribution is 2.44. The Morgan fingerprint density at radius 3 is 2.16 bits per heavy atom. The van der Waals surface area contributed by atoms with Crippen molar-refractivity contribution in [3.05, 3.63) is 54.1 Å². The number of benzene rings is 2. The third-order valence-corrected chi connectivity index (χ3v) is 4.91. The van der Waals surface area contributed by atoms with Gasteiger partial charge in [0.15, 0.2) is 11.5 Å². The summed E-state index contributed by atoms with van der Waals surface area (Å²) >= 11 is 0. The maximum atomic E-state index is 13.1. The lowest BCUT2D eigenvalue weighted by atomic mass is 9.82. The van der Waals surface area contributed by atoms with Crippen LogP contribution in [0.3, 0.4) is 0 Å². The average molecular weight is 449 g/mol. The highest BCUT2D eigenvalue weighted by Gasteiger charge is 2.51. The molecular formula is C20H17F6NO4. The molecule has 2 aromatic rings. The molecule has 0 spiro atoms. The molecule has 3 rings (SSSR count). The largest absolute Gasteiger partial charge is 0.573 e. The van der Waals surface area contributed by atoms with Gasteiger partial charge in [0.1, 0.15) is 5.75 Å². The first-order valence-electron chi connectivity index (χ1n) is 9.05. The van der Waals surface area contributed by atoms with E-state index in [9.17, 15) is 36.2 Å². The van der Waals surface area contributed by atoms with Gasteiger partial charge in [-0.3, -0.25) is 4.79 Å². The van der Waals surface area contributed by atoms with Gasteiger partial charge >= 0.3 is 18.5 Å². The first kappa shape index (κ1) is 22.7. The molecule has 1 aliphatic heterocycles. The fraction of sp³-hybridized carbons (Fsp3) is 0.350. The number of hydrogen-bond acceptors (Lipinski definition) is 4. The number of carboxylic acid groups (broad SMARTS) is 1. The quantitative estimate of drug-likeness (QED) is 0.592. The van der Waals surface area contributed by atoms with Gasteiger partial charge in [-0.1, -0.05) is 24.3 Å². The molecule has 0 saturated carbocycles. The molecule has 1 saturated heterocycles. The third kappa shape index (κ3) is 5.60. The van der Waals surface area contributed by atoms with Crippen LogP contribution in [0.4, 0.5) is 26.3 Å². The second-order valence-electron chi connectivity index (χ2n) is 7.10. The van der Waals surface area contributed by atoms with Gasteiger partial charge in [-0.15, -0.1) is 13.2 Å². The van der Waals surface area contributed by atoms with E-state index in [0.717, 1.165) is 6.07 Å². The predicted octanol–water partition coefficient (Wildman–Crippen LogP) is 5.22. The number of halogens is 6. The summed E-state index contributed by atoms with van der Waals surface area (Å²) in [5.41, 5.74) is -1.13. The SMILES string of the molecule is O=C(O)C[C@]1(c2ccc(Oc3ccccc3OC(F)(F)F)cc2)C[C@H](C(F)(F)F)CN1. The van der Waals surface area contributed by atoms with Crippen LogP contribution in [-0.2, 0) is 10.3 Å². The highest BCUT2D eigenvalue weighted by molar-refractivity contribution is 5.69. The summed E-state index contributed by atoms with van der Waals surface area (Å²) in [7, 11) is 0. The molecule has 0 aromatic heterocycles. The maximum Gasteiger partial charge on any atom is 0.573 e. The van der Waals surface area contributed by atoms with Gasteiger partial charge < -0.3 is 19.9 Å². The van der Waals surface area contributed by atoms with Crippen molar-refractivity contribution in [2.75, 3.05) is 6.54 Å². The zero-order valence-corrected chi connectivity index (χ0v) is 15.8. The topological polar surface area (TPSA) is 67.8 Å². The van der Waals surface area contributed by atoms with Crippen molar-refractivity contribution in [3.8, 4) is 17.2 Å². The van der Waals surface area contributed by atoms with Crippen LogP contribution in [0.1, 0.15) is 18.4 Å². The van der Waals surface area contributed by atoms with Crippen LogP contribution < -0.4 is 14.8 Å². The Kier molecular flexibility index (Phi) is 6.08. The first-order chi connectivity index (χ1) is 14.4. The normalized spacial score (nSPS) is 21.7. The van der Waals surface area contributed by atoms with Crippen molar-refractivity contribution >= 4 is 5.97 Å². The molecule has 2 atom stereocenters. The van der Waals surface area contributed by atoms with Crippen LogP contribution in [0.2, 0.25) is 0 Å². The summed E-state index contributed by atoms with van der Waals surface area (Å²) in [6.45, 7) is -0.419. The van der Waals surface area contributed by atoms with Crippen molar-refractivity contribution in [2.24, 2.45) is 5.92 Å². The Bertz CT molecular complexity index is 929. The van der Waals surface area contributed by atoms with E-state index in [0.29, 0.717) is 5.56 Å². The van der Waals surface area contributed by atoms with Gasteiger partial charge in [-0.25, -0.2) is 0 Å². The number of hydrogen-bond donors (Lipinski definition) is 2. The minimum absolute atomic E-state index is 0.0952. The lowest BCUT2D eigenvalue weighted by Crippen LogP contribution is -2.38. The van der Waals surface area contributed by atoms with E-state index in [-0.39, 0.29) is 11.5 Å². The zero-order valence-electron chi connectivity index (χ0n) is 15.8. The molecule has 1 aliphatic rings. The van der Waals surface area contributed by atoms with E-state index in [2.05, 4.69) is 10.1 Å². The number of carbonyl (C=O) groups is 1. The molecule has 11 heteroatoms. The van der Waals surface area contributed by atoms with Crippen LogP contribution >= 0.6 is 0 Å². The summed E-state index contributed by atoms with van der Waals surface area (Å²) < 4.78 is 86.3. The van der Waals surface area contributed by atoms with Gasteiger partial charge in [-0.2, -0.15) is 13.2 Å². The van der Waals surface area contributed by atoms with Gasteiger partial charge in [-0.05, 0) is 36.2 Å². The smallest absolute Gasteiger partial charge is 0.481 e. The molecule has 2 aromatic carbocycles. The van der Waals surface area contributed by atoms with E-state index in [1.165, 1.54) is 42.5 Å². The summed E-state index contributed by atoms with van der Waals surface area (Å²) in [6.07, 6.45) is -10.4. The molecule has 0 aliphatic carbocycles. The molecule has 5 nitrogen and oxygen atoms in total. The van der Waals surface area contributed by atoms with Crippen LogP contribution in [0.15, 0.2) is 48.5 Å². The van der Waals surface area contributed by atoms with E-state index < -0.39 is 55.1 Å². The fourth-order valence-electron chi connectivity index (χ4n) is 3.54. The first-order valence-corrected chi connectivity index (χ1v) is 9.05. The monoisotopic (exact) mass is 449 g/mol. The number of alkyl halides is 6. The van der Waals surface area contributed by atoms with E-state index in [1.807, 2.05) is 0 Å². The number of rotatable bonds is 6. The number of nitrogens with one attached hydrogen (secondary N) is 1. The molecular weight excluding hydrogens is 432 g/mol. The second kappa shape index (κ2) is 8.29. The summed E-state index contributed by atoms with van der Waals surface area (Å²) in [5, 5.41) is 11.9. The van der Waals surface area contributed by atoms with Crippen molar-refractivity contribution in [3.63, 3.8) is 0 Å². The molecule has 1 fully saturated rings. The van der Waals surface area contributed by atoms with E-state index >= 15 is 0 Å². The standard InChI is InChI=1S/C20H17F6NO4/c21-19(22,23)13-9-18(27-11-13,10-17(28)29)12-5-7-14(8-6-12)30-15-3-1-2-4-16(15)31-20(24,25)26/h1-8,13,27H,9-11H2,(H,28,29)/t13-,18-/m0/s1. The Morgan fingerprint density at radius 2 is 1.65 bits per heavy atom. The summed E-state index contributed by atoms with van der Waals surface area (Å²) in [6, 6.07) is 10.5. The Balaban J connectivity index is 1.83. The molecule has 1 heterocycles. The van der Waals surface area contributed by atoms with Crippen molar-refractivity contribution in [2.45, 2.75) is 30.9 Å². The molecule has 0 bridgehead atoms. The lowest BCUT2D eigenvalue weighted by Gasteiger charge is -2.29. The number of aliphatic carboxylic acids is 1. The minimum Gasteiger partial charge on any atom is -0.481 e. The molecule has 168 valence electrons. The molecule has 0 radical (unpaired) electrons. The van der Waals surface area contributed by atoms with Gasteiger partial charge in [0.05, 0.1) is 17.9 Å². The van der Waals surface area contributed by atoms with Crippen LogP contribution in [0, 0.1) is 5.92 Å². The number of ether oxygens (including phenoxy) is 2. The molecule has 31 heavy (non-hydrogen) atoms. The van der Waals surface area contributed by atoms with Crippen LogP contribution in [0.25, 0.3) is 0 Å². The summed E-state index contributed by atoms with van der Waals surface area (Å²) in [4.78, 5) is 11.3. The third-order valence-electron chi connectivity index (χ3n) is 4.91. The number of para-hydroxylation sites is 2. The fourth-order valence-corrected chi connectivity index (χ4v) is 3.54. The lowest BCUT2D eigenvalue weighted by molar-refractivity contribution is -0.275.